The van der Waals surface area contributed by atoms with Crippen LogP contribution in [-0.4, -0.2) is 13.2 Å². The molecule has 162 valence electrons. The van der Waals surface area contributed by atoms with E-state index in [1.807, 2.05) is 0 Å². The Morgan fingerprint density at radius 2 is 1.50 bits per heavy atom. The van der Waals surface area contributed by atoms with Crippen molar-refractivity contribution >= 4 is 0 Å². The summed E-state index contributed by atoms with van der Waals surface area (Å²) in [6, 6.07) is 5.97. The monoisotopic (exact) mass is 422 g/mol. The molecule has 6 heteroatoms. The molecule has 0 atom stereocenters. The van der Waals surface area contributed by atoms with Crippen molar-refractivity contribution in [1.82, 2.24) is 0 Å². The predicted molar refractivity (Wildman–Crippen MR) is 108 cm³/mol. The fraction of sp³-hybridized carbons (Fsp3) is 0.417. The van der Waals surface area contributed by atoms with Gasteiger partial charge in [-0.1, -0.05) is 18.2 Å². The zero-order chi connectivity index (χ0) is 21.7. The maximum Gasteiger partial charge on any atom is 0.200 e. The van der Waals surface area contributed by atoms with Crippen LogP contribution in [0, 0.1) is 36.1 Å². The number of halogens is 4. The molecule has 0 radical (unpaired) electrons. The van der Waals surface area contributed by atoms with Gasteiger partial charge in [0.25, 0.3) is 0 Å². The Morgan fingerprint density at radius 3 is 2.20 bits per heavy atom. The highest BCUT2D eigenvalue weighted by Crippen LogP contribution is 2.39. The van der Waals surface area contributed by atoms with E-state index in [2.05, 4.69) is 6.58 Å². The molecular weight excluding hydrogens is 396 g/mol. The molecule has 1 fully saturated rings. The van der Waals surface area contributed by atoms with Crippen LogP contribution in [0.4, 0.5) is 17.6 Å². The normalized spacial score (nSPS) is 18.8. The maximum absolute atomic E-state index is 14.6. The molecule has 0 aliphatic heterocycles. The second-order valence-corrected chi connectivity index (χ2v) is 7.74. The SMILES string of the molecule is C=CCCOc1ccc(C2CCC(COc3ccc(C)c(F)c3F)CC2)c(F)c1F. The summed E-state index contributed by atoms with van der Waals surface area (Å²) in [5.41, 5.74) is 0.585. The molecule has 2 nitrogen and oxygen atoms in total. The van der Waals surface area contributed by atoms with Gasteiger partial charge in [0.2, 0.25) is 11.6 Å². The summed E-state index contributed by atoms with van der Waals surface area (Å²) in [5, 5.41) is 0. The number of rotatable bonds is 8. The van der Waals surface area contributed by atoms with Gasteiger partial charge in [0, 0.05) is 0 Å². The molecule has 0 aromatic heterocycles. The molecule has 1 aliphatic rings. The molecule has 0 bridgehead atoms. The first kappa shape index (κ1) is 22.2. The molecule has 0 amide bonds. The van der Waals surface area contributed by atoms with Crippen LogP contribution in [0.15, 0.2) is 36.9 Å². The number of hydrogen-bond acceptors (Lipinski definition) is 2. The van der Waals surface area contributed by atoms with Crippen molar-refractivity contribution < 1.29 is 27.0 Å². The van der Waals surface area contributed by atoms with Crippen LogP contribution in [0.3, 0.4) is 0 Å². The van der Waals surface area contributed by atoms with Crippen LogP contribution in [0.5, 0.6) is 11.5 Å². The van der Waals surface area contributed by atoms with Gasteiger partial charge in [0.1, 0.15) is 0 Å². The van der Waals surface area contributed by atoms with E-state index in [1.54, 1.807) is 12.1 Å². The first-order valence-electron chi connectivity index (χ1n) is 10.2. The van der Waals surface area contributed by atoms with E-state index in [1.165, 1.54) is 25.1 Å². The van der Waals surface area contributed by atoms with E-state index in [0.717, 1.165) is 12.8 Å². The van der Waals surface area contributed by atoms with E-state index in [0.29, 0.717) is 24.8 Å². The standard InChI is InChI=1S/C24H26F4O2/c1-3-4-13-29-19-12-10-18(22(26)24(19)28)17-8-6-16(7-9-17)14-30-20-11-5-15(2)21(25)23(20)27/h3,5,10-12,16-17H,1,4,6-9,13-14H2,2H3. The fourth-order valence-electron chi connectivity index (χ4n) is 3.81. The van der Waals surface area contributed by atoms with Crippen LogP contribution < -0.4 is 9.47 Å². The van der Waals surface area contributed by atoms with Gasteiger partial charge in [-0.05, 0) is 74.1 Å². The van der Waals surface area contributed by atoms with Gasteiger partial charge >= 0.3 is 0 Å². The highest BCUT2D eigenvalue weighted by molar-refractivity contribution is 5.33. The second kappa shape index (κ2) is 10.0. The summed E-state index contributed by atoms with van der Waals surface area (Å²) in [6.45, 7) is 5.56. The lowest BCUT2D eigenvalue weighted by Gasteiger charge is -2.29. The maximum atomic E-state index is 14.6. The molecule has 2 aromatic carbocycles. The predicted octanol–water partition coefficient (Wildman–Crippen LogP) is 6.86. The minimum atomic E-state index is -0.975. The number of hydrogen-bond donors (Lipinski definition) is 0. The van der Waals surface area contributed by atoms with E-state index in [-0.39, 0.29) is 42.1 Å². The lowest BCUT2D eigenvalue weighted by molar-refractivity contribution is 0.191. The molecule has 0 spiro atoms. The zero-order valence-electron chi connectivity index (χ0n) is 17.0. The molecule has 2 aromatic rings. The van der Waals surface area contributed by atoms with E-state index >= 15 is 0 Å². The van der Waals surface area contributed by atoms with Gasteiger partial charge in [-0.2, -0.15) is 8.78 Å². The van der Waals surface area contributed by atoms with Gasteiger partial charge in [0.15, 0.2) is 23.1 Å². The highest BCUT2D eigenvalue weighted by atomic mass is 19.2. The average Bonchev–Trinajstić information content (AvgIpc) is 2.75. The molecule has 30 heavy (non-hydrogen) atoms. The van der Waals surface area contributed by atoms with Crippen molar-refractivity contribution in [2.45, 2.75) is 44.9 Å². The van der Waals surface area contributed by atoms with Gasteiger partial charge in [-0.15, -0.1) is 6.58 Å². The Labute approximate surface area is 174 Å². The molecule has 0 N–H and O–H groups in total. The third-order valence-corrected chi connectivity index (χ3v) is 5.66. The molecule has 0 heterocycles. The summed E-state index contributed by atoms with van der Waals surface area (Å²) >= 11 is 0. The first-order valence-corrected chi connectivity index (χ1v) is 10.2. The van der Waals surface area contributed by atoms with Crippen molar-refractivity contribution in [3.8, 4) is 11.5 Å². The van der Waals surface area contributed by atoms with Crippen molar-refractivity contribution in [2.75, 3.05) is 13.2 Å². The highest BCUT2D eigenvalue weighted by Gasteiger charge is 2.27. The lowest BCUT2D eigenvalue weighted by atomic mass is 9.79. The Bertz CT molecular complexity index is 889. The quantitative estimate of drug-likeness (QED) is 0.263. The van der Waals surface area contributed by atoms with Gasteiger partial charge < -0.3 is 9.47 Å². The molecular formula is C24H26F4O2. The number of benzene rings is 2. The lowest BCUT2D eigenvalue weighted by Crippen LogP contribution is -2.20. The smallest absolute Gasteiger partial charge is 0.200 e. The van der Waals surface area contributed by atoms with Crippen molar-refractivity contribution in [3.05, 3.63) is 71.3 Å². The summed E-state index contributed by atoms with van der Waals surface area (Å²) in [7, 11) is 0. The van der Waals surface area contributed by atoms with Crippen LogP contribution in [-0.2, 0) is 0 Å². The third kappa shape index (κ3) is 4.97. The van der Waals surface area contributed by atoms with Gasteiger partial charge in [-0.3, -0.25) is 0 Å². The van der Waals surface area contributed by atoms with E-state index in [9.17, 15) is 17.6 Å². The second-order valence-electron chi connectivity index (χ2n) is 7.74. The Kier molecular flexibility index (Phi) is 7.40. The summed E-state index contributed by atoms with van der Waals surface area (Å²) in [5.74, 6) is -3.82. The number of ether oxygens (including phenoxy) is 2. The van der Waals surface area contributed by atoms with Gasteiger partial charge in [0.05, 0.1) is 13.2 Å². The summed E-state index contributed by atoms with van der Waals surface area (Å²) in [6.07, 6.45) is 5.01. The molecule has 1 aliphatic carbocycles. The van der Waals surface area contributed by atoms with Crippen molar-refractivity contribution in [3.63, 3.8) is 0 Å². The van der Waals surface area contributed by atoms with Crippen molar-refractivity contribution in [1.29, 1.82) is 0 Å². The van der Waals surface area contributed by atoms with Crippen LogP contribution in [0.1, 0.15) is 49.1 Å². The first-order chi connectivity index (χ1) is 14.4. The minimum absolute atomic E-state index is 0.0902. The Balaban J connectivity index is 1.56. The molecule has 3 rings (SSSR count). The zero-order valence-corrected chi connectivity index (χ0v) is 17.0. The van der Waals surface area contributed by atoms with Crippen molar-refractivity contribution in [2.24, 2.45) is 5.92 Å². The van der Waals surface area contributed by atoms with E-state index in [4.69, 9.17) is 9.47 Å². The van der Waals surface area contributed by atoms with Crippen LogP contribution >= 0.6 is 0 Å². The Hall–Kier alpha value is -2.50. The number of aryl methyl sites for hydroxylation is 1. The summed E-state index contributed by atoms with van der Waals surface area (Å²) < 4.78 is 67.2. The molecule has 0 saturated heterocycles. The minimum Gasteiger partial charge on any atom is -0.490 e. The van der Waals surface area contributed by atoms with E-state index < -0.39 is 23.3 Å². The largest absolute Gasteiger partial charge is 0.490 e. The summed E-state index contributed by atoms with van der Waals surface area (Å²) in [4.78, 5) is 0. The van der Waals surface area contributed by atoms with Crippen LogP contribution in [0.2, 0.25) is 0 Å². The average molecular weight is 422 g/mol. The van der Waals surface area contributed by atoms with Crippen LogP contribution in [0.25, 0.3) is 0 Å². The Morgan fingerprint density at radius 1 is 0.867 bits per heavy atom. The van der Waals surface area contributed by atoms with Gasteiger partial charge in [-0.25, -0.2) is 8.78 Å². The topological polar surface area (TPSA) is 18.5 Å². The fourth-order valence-corrected chi connectivity index (χ4v) is 3.81. The third-order valence-electron chi connectivity index (χ3n) is 5.66. The molecule has 0 unspecified atom stereocenters. The molecule has 1 saturated carbocycles.